The fraction of sp³-hybridized carbons (Fsp3) is 0.294. The van der Waals surface area contributed by atoms with Gasteiger partial charge in [-0.3, -0.25) is 9.78 Å². The lowest BCUT2D eigenvalue weighted by molar-refractivity contribution is -0.125. The molecule has 2 aromatic rings. The number of nitrogens with zero attached hydrogens (tertiary/aromatic N) is 2. The van der Waals surface area contributed by atoms with Crippen molar-refractivity contribution < 1.29 is 9.53 Å². The van der Waals surface area contributed by atoms with Crippen LogP contribution in [0.25, 0.3) is 0 Å². The molecule has 0 spiro atoms. The summed E-state index contributed by atoms with van der Waals surface area (Å²) in [5, 5.41) is 0.828. The molecule has 1 aromatic heterocycles. The molecule has 1 unspecified atom stereocenters. The number of ether oxygens (including phenoxy) is 1. The molecule has 0 bridgehead atoms. The molecule has 1 aromatic carbocycles. The molecule has 6 heteroatoms. The van der Waals surface area contributed by atoms with Gasteiger partial charge in [-0.25, -0.2) is 0 Å². The number of carbonyl (C=O) groups excluding carboxylic acids is 1. The lowest BCUT2D eigenvalue weighted by Gasteiger charge is -2.29. The summed E-state index contributed by atoms with van der Waals surface area (Å²) in [7, 11) is 0. The van der Waals surface area contributed by atoms with Crippen LogP contribution < -0.4 is 9.64 Å². The standard InChI is InChI=1S/C17H18Cl2N2O2/c1-11(2)21(13-5-4-8-20-10-13)17(22)12(3)23-14-6-7-15(18)16(19)9-14/h4-12H,1-3H3. The summed E-state index contributed by atoms with van der Waals surface area (Å²) in [6.07, 6.45) is 2.65. The van der Waals surface area contributed by atoms with Crippen LogP contribution in [-0.4, -0.2) is 23.0 Å². The SMILES string of the molecule is CC(Oc1ccc(Cl)c(Cl)c1)C(=O)N(c1cccnc1)C(C)C. The van der Waals surface area contributed by atoms with E-state index in [-0.39, 0.29) is 11.9 Å². The number of rotatable bonds is 5. The zero-order valence-corrected chi connectivity index (χ0v) is 14.7. The van der Waals surface area contributed by atoms with Gasteiger partial charge in [-0.1, -0.05) is 23.2 Å². The Morgan fingerprint density at radius 1 is 1.17 bits per heavy atom. The third-order valence-electron chi connectivity index (χ3n) is 3.23. The predicted molar refractivity (Wildman–Crippen MR) is 93.4 cm³/mol. The second-order valence-electron chi connectivity index (χ2n) is 5.35. The number of hydrogen-bond donors (Lipinski definition) is 0. The zero-order valence-electron chi connectivity index (χ0n) is 13.2. The van der Waals surface area contributed by atoms with E-state index in [2.05, 4.69) is 4.98 Å². The second kappa shape index (κ2) is 7.66. The minimum Gasteiger partial charge on any atom is -0.481 e. The fourth-order valence-corrected chi connectivity index (χ4v) is 2.46. The first-order valence-electron chi connectivity index (χ1n) is 7.25. The number of benzene rings is 1. The zero-order chi connectivity index (χ0) is 17.0. The largest absolute Gasteiger partial charge is 0.481 e. The number of carbonyl (C=O) groups is 1. The highest BCUT2D eigenvalue weighted by Crippen LogP contribution is 2.27. The van der Waals surface area contributed by atoms with Crippen molar-refractivity contribution in [1.82, 2.24) is 4.98 Å². The minimum absolute atomic E-state index is 0.0217. The van der Waals surface area contributed by atoms with E-state index in [1.807, 2.05) is 19.9 Å². The van der Waals surface area contributed by atoms with E-state index in [9.17, 15) is 4.79 Å². The van der Waals surface area contributed by atoms with E-state index in [1.165, 1.54) is 0 Å². The van der Waals surface area contributed by atoms with Crippen LogP contribution in [0, 0.1) is 0 Å². The molecule has 0 radical (unpaired) electrons. The molecule has 4 nitrogen and oxygen atoms in total. The summed E-state index contributed by atoms with van der Waals surface area (Å²) in [5.41, 5.74) is 0.733. The van der Waals surface area contributed by atoms with Gasteiger partial charge >= 0.3 is 0 Å². The maximum Gasteiger partial charge on any atom is 0.268 e. The third kappa shape index (κ3) is 4.36. The van der Waals surface area contributed by atoms with Crippen LogP contribution in [0.3, 0.4) is 0 Å². The molecular weight excluding hydrogens is 335 g/mol. The van der Waals surface area contributed by atoms with Crippen molar-refractivity contribution in [1.29, 1.82) is 0 Å². The van der Waals surface area contributed by atoms with Crippen molar-refractivity contribution in [2.45, 2.75) is 32.9 Å². The first-order chi connectivity index (χ1) is 10.9. The number of aromatic nitrogens is 1. The molecule has 0 saturated carbocycles. The molecule has 2 rings (SSSR count). The number of hydrogen-bond acceptors (Lipinski definition) is 3. The van der Waals surface area contributed by atoms with Crippen molar-refractivity contribution in [3.63, 3.8) is 0 Å². The van der Waals surface area contributed by atoms with Gasteiger partial charge in [0.15, 0.2) is 6.10 Å². The van der Waals surface area contributed by atoms with Crippen molar-refractivity contribution in [2.24, 2.45) is 0 Å². The molecular formula is C17H18Cl2N2O2. The van der Waals surface area contributed by atoms with E-state index in [4.69, 9.17) is 27.9 Å². The minimum atomic E-state index is -0.671. The molecule has 0 fully saturated rings. The Kier molecular flexibility index (Phi) is 5.85. The first kappa shape index (κ1) is 17.6. The van der Waals surface area contributed by atoms with Crippen LogP contribution in [-0.2, 0) is 4.79 Å². The van der Waals surface area contributed by atoms with Gasteiger partial charge in [0.05, 0.1) is 21.9 Å². The van der Waals surface area contributed by atoms with Gasteiger partial charge in [0.2, 0.25) is 0 Å². The van der Waals surface area contributed by atoms with Gasteiger partial charge in [-0.05, 0) is 45.0 Å². The van der Waals surface area contributed by atoms with Gasteiger partial charge in [-0.2, -0.15) is 0 Å². The Balaban J connectivity index is 2.17. The third-order valence-corrected chi connectivity index (χ3v) is 3.97. The highest BCUT2D eigenvalue weighted by Gasteiger charge is 2.26. The summed E-state index contributed by atoms with van der Waals surface area (Å²) >= 11 is 11.9. The molecule has 23 heavy (non-hydrogen) atoms. The number of halogens is 2. The molecule has 0 aliphatic carbocycles. The van der Waals surface area contributed by atoms with E-state index in [1.54, 1.807) is 48.5 Å². The van der Waals surface area contributed by atoms with Crippen LogP contribution in [0.5, 0.6) is 5.75 Å². The Morgan fingerprint density at radius 3 is 2.48 bits per heavy atom. The van der Waals surface area contributed by atoms with Crippen molar-refractivity contribution in [3.05, 3.63) is 52.8 Å². The van der Waals surface area contributed by atoms with Gasteiger partial charge in [0.25, 0.3) is 5.91 Å². The quantitative estimate of drug-likeness (QED) is 0.789. The number of anilines is 1. The van der Waals surface area contributed by atoms with Crippen LogP contribution in [0.4, 0.5) is 5.69 Å². The van der Waals surface area contributed by atoms with E-state index in [0.717, 1.165) is 5.69 Å². The first-order valence-corrected chi connectivity index (χ1v) is 8.00. The fourth-order valence-electron chi connectivity index (χ4n) is 2.18. The van der Waals surface area contributed by atoms with Crippen LogP contribution >= 0.6 is 23.2 Å². The highest BCUT2D eigenvalue weighted by molar-refractivity contribution is 6.42. The molecule has 0 aliphatic heterocycles. The average Bonchev–Trinajstić information content (AvgIpc) is 2.51. The summed E-state index contributed by atoms with van der Waals surface area (Å²) in [6, 6.07) is 8.53. The van der Waals surface area contributed by atoms with Gasteiger partial charge in [-0.15, -0.1) is 0 Å². The number of pyridine rings is 1. The van der Waals surface area contributed by atoms with Crippen molar-refractivity contribution >= 4 is 34.8 Å². The van der Waals surface area contributed by atoms with Gasteiger partial charge < -0.3 is 9.64 Å². The topological polar surface area (TPSA) is 42.4 Å². The molecule has 0 saturated heterocycles. The van der Waals surface area contributed by atoms with Crippen LogP contribution in [0.2, 0.25) is 10.0 Å². The maximum absolute atomic E-state index is 12.8. The summed E-state index contributed by atoms with van der Waals surface area (Å²) in [6.45, 7) is 5.59. The Labute approximate surface area is 146 Å². The Morgan fingerprint density at radius 2 is 1.91 bits per heavy atom. The Bertz CT molecular complexity index is 678. The predicted octanol–water partition coefficient (Wildman–Crippen LogP) is 4.60. The van der Waals surface area contributed by atoms with Crippen LogP contribution in [0.15, 0.2) is 42.7 Å². The van der Waals surface area contributed by atoms with Gasteiger partial charge in [0, 0.05) is 18.3 Å². The highest BCUT2D eigenvalue weighted by atomic mass is 35.5. The monoisotopic (exact) mass is 352 g/mol. The number of amides is 1. The molecule has 1 heterocycles. The summed E-state index contributed by atoms with van der Waals surface area (Å²) in [5.74, 6) is 0.342. The normalized spacial score (nSPS) is 12.1. The van der Waals surface area contributed by atoms with E-state index >= 15 is 0 Å². The van der Waals surface area contributed by atoms with Crippen molar-refractivity contribution in [3.8, 4) is 5.75 Å². The average molecular weight is 353 g/mol. The summed E-state index contributed by atoms with van der Waals surface area (Å²) in [4.78, 5) is 18.5. The lowest BCUT2D eigenvalue weighted by atomic mass is 10.2. The molecule has 0 N–H and O–H groups in total. The lowest BCUT2D eigenvalue weighted by Crippen LogP contribution is -2.44. The Hall–Kier alpha value is -1.78. The molecule has 122 valence electrons. The maximum atomic E-state index is 12.8. The molecule has 1 amide bonds. The molecule has 1 atom stereocenters. The summed E-state index contributed by atoms with van der Waals surface area (Å²) < 4.78 is 5.71. The smallest absolute Gasteiger partial charge is 0.268 e. The van der Waals surface area contributed by atoms with E-state index < -0.39 is 6.10 Å². The van der Waals surface area contributed by atoms with Gasteiger partial charge in [0.1, 0.15) is 5.75 Å². The second-order valence-corrected chi connectivity index (χ2v) is 6.16. The van der Waals surface area contributed by atoms with Crippen LogP contribution in [0.1, 0.15) is 20.8 Å². The van der Waals surface area contributed by atoms with Crippen molar-refractivity contribution in [2.75, 3.05) is 4.90 Å². The molecule has 0 aliphatic rings. The van der Waals surface area contributed by atoms with E-state index in [0.29, 0.717) is 15.8 Å².